The first-order valence-electron chi connectivity index (χ1n) is 17.0. The maximum atomic E-state index is 14.2. The van der Waals surface area contributed by atoms with Crippen molar-refractivity contribution in [1.82, 2.24) is 4.81 Å². The molecule has 2 aliphatic rings. The van der Waals surface area contributed by atoms with Crippen molar-refractivity contribution >= 4 is 52.9 Å². The minimum atomic E-state index is -2.75. The first kappa shape index (κ1) is 32.4. The quantitative estimate of drug-likeness (QED) is 0.143. The summed E-state index contributed by atoms with van der Waals surface area (Å²) in [6, 6.07) is 57.0. The Morgan fingerprint density at radius 2 is 0.769 bits per heavy atom. The monoisotopic (exact) mass is 679 g/mol. The van der Waals surface area contributed by atoms with Gasteiger partial charge < -0.3 is 14.6 Å². The van der Waals surface area contributed by atoms with Gasteiger partial charge >= 0.3 is 7.40 Å². The number of rotatable bonds is 9. The molecule has 8 heteroatoms. The normalized spacial score (nSPS) is 13.5. The van der Waals surface area contributed by atoms with Crippen LogP contribution in [-0.4, -0.2) is 23.6 Å². The molecule has 52 heavy (non-hydrogen) atoms. The van der Waals surface area contributed by atoms with Gasteiger partial charge in [0.25, 0.3) is 0 Å². The molecule has 6 aromatic rings. The summed E-state index contributed by atoms with van der Waals surface area (Å²) in [6.07, 6.45) is 6.27. The van der Waals surface area contributed by atoms with E-state index in [-0.39, 0.29) is 11.5 Å². The summed E-state index contributed by atoms with van der Waals surface area (Å²) in [5.74, 6) is 0.226. The molecular formula is C44H32BF2N5. The lowest BCUT2D eigenvalue weighted by molar-refractivity contribution is 0.518. The van der Waals surface area contributed by atoms with Crippen LogP contribution in [0.15, 0.2) is 216 Å². The van der Waals surface area contributed by atoms with E-state index < -0.39 is 7.40 Å². The first-order chi connectivity index (χ1) is 25.6. The average Bonchev–Trinajstić information content (AvgIpc) is 3.66. The highest BCUT2D eigenvalue weighted by Crippen LogP contribution is 2.37. The molecule has 0 spiro atoms. The topological polar surface area (TPSA) is 34.4 Å². The summed E-state index contributed by atoms with van der Waals surface area (Å²) in [5, 5.41) is 0. The fraction of sp³-hybridized carbons (Fsp3) is 0. The SMILES string of the molecule is FB(F)N1C=CC=CC1=C1N=C(c2ccc(N(c3ccccc3)c3ccccc3)cc2)C(c2ccc(N(c3ccccc3)c3ccccc3)cc2)=N1. The van der Waals surface area contributed by atoms with E-state index in [1.54, 1.807) is 18.2 Å². The number of nitrogens with zero attached hydrogens (tertiary/aromatic N) is 5. The zero-order valence-electron chi connectivity index (χ0n) is 28.0. The smallest absolute Gasteiger partial charge is 0.329 e. The Hall–Kier alpha value is -6.80. The number of aliphatic imine (C=N–C) groups is 2. The highest BCUT2D eigenvalue weighted by Gasteiger charge is 2.31. The van der Waals surface area contributed by atoms with E-state index >= 15 is 0 Å². The lowest BCUT2D eigenvalue weighted by Crippen LogP contribution is -2.28. The summed E-state index contributed by atoms with van der Waals surface area (Å²) >= 11 is 0. The van der Waals surface area contributed by atoms with Gasteiger partial charge in [-0.05, 0) is 91.1 Å². The van der Waals surface area contributed by atoms with Gasteiger partial charge in [-0.1, -0.05) is 103 Å². The standard InChI is InChI=1S/C44H32BF2N5/c46-45(47)50-32-14-13-23-41(50)44-48-42(33-24-28-39(29-25-33)51(35-15-5-1-6-16-35)36-17-7-2-8-18-36)43(49-44)34-26-30-40(31-27-34)52(37-19-9-3-10-20-37)38-21-11-4-12-22-38/h1-32H. The van der Waals surface area contributed by atoms with Crippen molar-refractivity contribution in [2.45, 2.75) is 0 Å². The second-order valence-corrected chi connectivity index (χ2v) is 12.1. The minimum Gasteiger partial charge on any atom is -0.329 e. The van der Waals surface area contributed by atoms with Crippen LogP contribution in [0, 0.1) is 0 Å². The average molecular weight is 680 g/mol. The summed E-state index contributed by atoms with van der Waals surface area (Å²) in [4.78, 5) is 15.1. The van der Waals surface area contributed by atoms with Crippen molar-refractivity contribution < 1.29 is 8.63 Å². The molecule has 0 radical (unpaired) electrons. The van der Waals surface area contributed by atoms with Crippen molar-refractivity contribution in [3.8, 4) is 0 Å². The van der Waals surface area contributed by atoms with Gasteiger partial charge in [0.05, 0.1) is 17.1 Å². The molecule has 0 bridgehead atoms. The first-order valence-corrected chi connectivity index (χ1v) is 17.0. The summed E-state index contributed by atoms with van der Waals surface area (Å²) in [7, 11) is -2.75. The highest BCUT2D eigenvalue weighted by atomic mass is 19.2. The van der Waals surface area contributed by atoms with Gasteiger partial charge in [-0.25, -0.2) is 9.98 Å². The lowest BCUT2D eigenvalue weighted by Gasteiger charge is -2.25. The third-order valence-electron chi connectivity index (χ3n) is 8.84. The largest absolute Gasteiger partial charge is 0.677 e. The van der Waals surface area contributed by atoms with E-state index in [0.29, 0.717) is 11.4 Å². The number of hydrogen-bond donors (Lipinski definition) is 0. The zero-order chi connectivity index (χ0) is 35.3. The molecule has 0 N–H and O–H groups in total. The Kier molecular flexibility index (Phi) is 9.09. The molecule has 6 aromatic carbocycles. The van der Waals surface area contributed by atoms with Crippen molar-refractivity contribution in [1.29, 1.82) is 0 Å². The Balaban J connectivity index is 1.20. The van der Waals surface area contributed by atoms with Gasteiger partial charge in [-0.2, -0.15) is 0 Å². The zero-order valence-corrected chi connectivity index (χ0v) is 28.0. The van der Waals surface area contributed by atoms with Crippen molar-refractivity contribution in [3.05, 3.63) is 217 Å². The number of halogens is 2. The Labute approximate surface area is 302 Å². The maximum Gasteiger partial charge on any atom is 0.677 e. The molecule has 2 aliphatic heterocycles. The third kappa shape index (κ3) is 6.57. The molecule has 0 aromatic heterocycles. The van der Waals surface area contributed by atoms with Crippen LogP contribution in [0.1, 0.15) is 11.1 Å². The van der Waals surface area contributed by atoms with Gasteiger partial charge in [-0.3, -0.25) is 8.63 Å². The van der Waals surface area contributed by atoms with Crippen LogP contribution in [0.2, 0.25) is 0 Å². The van der Waals surface area contributed by atoms with Crippen molar-refractivity contribution in [3.63, 3.8) is 0 Å². The van der Waals surface area contributed by atoms with E-state index in [2.05, 4.69) is 82.6 Å². The van der Waals surface area contributed by atoms with Gasteiger partial charge in [0.1, 0.15) is 0 Å². The molecular weight excluding hydrogens is 647 g/mol. The molecule has 0 aliphatic carbocycles. The van der Waals surface area contributed by atoms with Gasteiger partial charge in [0.15, 0.2) is 5.82 Å². The predicted octanol–water partition coefficient (Wildman–Crippen LogP) is 11.4. The van der Waals surface area contributed by atoms with E-state index in [1.807, 2.05) is 97.1 Å². The van der Waals surface area contributed by atoms with E-state index in [4.69, 9.17) is 9.98 Å². The van der Waals surface area contributed by atoms with E-state index in [0.717, 1.165) is 50.1 Å². The third-order valence-corrected chi connectivity index (χ3v) is 8.84. The molecule has 250 valence electrons. The molecule has 5 nitrogen and oxygen atoms in total. The second-order valence-electron chi connectivity index (χ2n) is 12.1. The molecule has 0 saturated heterocycles. The molecule has 0 amide bonds. The predicted molar refractivity (Wildman–Crippen MR) is 210 cm³/mol. The van der Waals surface area contributed by atoms with E-state index in [1.165, 1.54) is 6.20 Å². The van der Waals surface area contributed by atoms with Gasteiger partial charge in [-0.15, -0.1) is 0 Å². The lowest BCUT2D eigenvalue weighted by atomic mass is 9.99. The fourth-order valence-electron chi connectivity index (χ4n) is 6.41. The molecule has 0 unspecified atom stereocenters. The Morgan fingerprint density at radius 3 is 1.12 bits per heavy atom. The van der Waals surface area contributed by atoms with Crippen LogP contribution in [0.5, 0.6) is 0 Å². The van der Waals surface area contributed by atoms with Crippen molar-refractivity contribution in [2.75, 3.05) is 9.80 Å². The number of benzene rings is 6. The number of allylic oxidation sites excluding steroid dienone is 3. The summed E-state index contributed by atoms with van der Waals surface area (Å²) < 4.78 is 28.3. The number of hydrogen-bond acceptors (Lipinski definition) is 5. The van der Waals surface area contributed by atoms with Gasteiger partial charge in [0, 0.05) is 45.3 Å². The fourth-order valence-corrected chi connectivity index (χ4v) is 6.41. The molecule has 0 atom stereocenters. The molecule has 8 rings (SSSR count). The molecule has 0 saturated carbocycles. The van der Waals surface area contributed by atoms with Crippen LogP contribution in [-0.2, 0) is 0 Å². The maximum absolute atomic E-state index is 14.2. The Bertz CT molecular complexity index is 2080. The summed E-state index contributed by atoms with van der Waals surface area (Å²) in [5.41, 5.74) is 9.11. The van der Waals surface area contributed by atoms with Crippen LogP contribution in [0.3, 0.4) is 0 Å². The molecule has 2 heterocycles. The minimum absolute atomic E-state index is 0.226. The summed E-state index contributed by atoms with van der Waals surface area (Å²) in [6.45, 7) is 0. The highest BCUT2D eigenvalue weighted by molar-refractivity contribution is 6.55. The second kappa shape index (κ2) is 14.6. The van der Waals surface area contributed by atoms with Crippen LogP contribution in [0.4, 0.5) is 42.8 Å². The number of anilines is 6. The van der Waals surface area contributed by atoms with E-state index in [9.17, 15) is 8.63 Å². The van der Waals surface area contributed by atoms with Crippen molar-refractivity contribution in [2.24, 2.45) is 9.98 Å². The number of para-hydroxylation sites is 4. The van der Waals surface area contributed by atoms with Crippen LogP contribution >= 0.6 is 0 Å². The Morgan fingerprint density at radius 1 is 0.423 bits per heavy atom. The van der Waals surface area contributed by atoms with Crippen LogP contribution in [0.25, 0.3) is 0 Å². The molecule has 0 fully saturated rings. The van der Waals surface area contributed by atoms with Crippen LogP contribution < -0.4 is 9.80 Å². The van der Waals surface area contributed by atoms with Gasteiger partial charge in [0.2, 0.25) is 0 Å².